The lowest BCUT2D eigenvalue weighted by Gasteiger charge is -2.07. The van der Waals surface area contributed by atoms with E-state index in [1.807, 2.05) is 18.2 Å². The van der Waals surface area contributed by atoms with E-state index in [1.165, 1.54) is 23.9 Å². The number of hydrogen-bond acceptors (Lipinski definition) is 6. The maximum absolute atomic E-state index is 11.9. The highest BCUT2D eigenvalue weighted by Gasteiger charge is 2.12. The number of nitrogens with two attached hydrogens (primary N) is 1. The van der Waals surface area contributed by atoms with E-state index in [9.17, 15) is 13.2 Å². The van der Waals surface area contributed by atoms with Crippen LogP contribution in [0.1, 0.15) is 0 Å². The number of hydrogen-bond donors (Lipinski definition) is 3. The lowest BCUT2D eigenvalue weighted by Crippen LogP contribution is -2.20. The van der Waals surface area contributed by atoms with Gasteiger partial charge in [0.15, 0.2) is 5.82 Å². The zero-order chi connectivity index (χ0) is 15.3. The molecule has 1 heterocycles. The van der Waals surface area contributed by atoms with Gasteiger partial charge in [-0.15, -0.1) is 11.8 Å². The Hall–Kier alpha value is -2.00. The highest BCUT2D eigenvalue weighted by Crippen LogP contribution is 2.24. The molecule has 7 nitrogen and oxygen atoms in total. The van der Waals surface area contributed by atoms with Crippen LogP contribution in [0.5, 0.6) is 0 Å². The van der Waals surface area contributed by atoms with E-state index in [0.717, 1.165) is 4.90 Å². The maximum Gasteiger partial charge on any atom is 0.264 e. The number of nitrogen functional groups attached to an aromatic ring is 1. The molecule has 0 aliphatic heterocycles. The highest BCUT2D eigenvalue weighted by atomic mass is 32.2. The second kappa shape index (κ2) is 6.64. The standard InChI is InChI=1S/C12H14N4O3S2/c13-9-3-1-2-4-10(9)20-7-8-21(18,19)16-11-5-6-12(17)15-14-11/h1-6H,7-8,13H2,(H,14,16)(H,15,17). The lowest BCUT2D eigenvalue weighted by molar-refractivity contribution is 0.602. The summed E-state index contributed by atoms with van der Waals surface area (Å²) in [5.41, 5.74) is 6.00. The van der Waals surface area contributed by atoms with Crippen LogP contribution in [-0.2, 0) is 10.0 Å². The van der Waals surface area contributed by atoms with Gasteiger partial charge in [-0.1, -0.05) is 12.1 Å². The molecule has 0 saturated carbocycles. The van der Waals surface area contributed by atoms with Crippen LogP contribution in [0.3, 0.4) is 0 Å². The van der Waals surface area contributed by atoms with Crippen molar-refractivity contribution in [1.29, 1.82) is 0 Å². The molecule has 4 N–H and O–H groups in total. The lowest BCUT2D eigenvalue weighted by atomic mass is 10.3. The van der Waals surface area contributed by atoms with E-state index in [0.29, 0.717) is 11.4 Å². The fourth-order valence-corrected chi connectivity index (χ4v) is 3.86. The predicted octanol–water partition coefficient (Wildman–Crippen LogP) is 0.886. The summed E-state index contributed by atoms with van der Waals surface area (Å²) < 4.78 is 26.0. The van der Waals surface area contributed by atoms with Gasteiger partial charge in [-0.2, -0.15) is 5.10 Å². The third-order valence-corrected chi connectivity index (χ3v) is 5.08. The molecule has 21 heavy (non-hydrogen) atoms. The molecular formula is C12H14N4O3S2. The van der Waals surface area contributed by atoms with Crippen LogP contribution in [0.4, 0.5) is 11.5 Å². The van der Waals surface area contributed by atoms with Crippen LogP contribution in [0.2, 0.25) is 0 Å². The van der Waals surface area contributed by atoms with Crippen LogP contribution >= 0.6 is 11.8 Å². The molecule has 0 radical (unpaired) electrons. The molecule has 112 valence electrons. The fourth-order valence-electron chi connectivity index (χ4n) is 1.48. The summed E-state index contributed by atoms with van der Waals surface area (Å²) in [6.45, 7) is 0. The number of sulfonamides is 1. The molecule has 1 aromatic heterocycles. The van der Waals surface area contributed by atoms with Gasteiger partial charge in [0.2, 0.25) is 10.0 Å². The Balaban J connectivity index is 1.91. The van der Waals surface area contributed by atoms with Crippen LogP contribution in [-0.4, -0.2) is 30.1 Å². The minimum Gasteiger partial charge on any atom is -0.398 e. The van der Waals surface area contributed by atoms with E-state index in [1.54, 1.807) is 6.07 Å². The first-order chi connectivity index (χ1) is 9.96. The molecule has 0 bridgehead atoms. The van der Waals surface area contributed by atoms with Gasteiger partial charge < -0.3 is 5.73 Å². The number of thioether (sulfide) groups is 1. The first-order valence-electron chi connectivity index (χ1n) is 6.00. The summed E-state index contributed by atoms with van der Waals surface area (Å²) in [7, 11) is -3.53. The maximum atomic E-state index is 11.9. The van der Waals surface area contributed by atoms with Crippen LogP contribution < -0.4 is 16.0 Å². The highest BCUT2D eigenvalue weighted by molar-refractivity contribution is 8.01. The summed E-state index contributed by atoms with van der Waals surface area (Å²) in [4.78, 5) is 11.7. The van der Waals surface area contributed by atoms with Crippen molar-refractivity contribution in [1.82, 2.24) is 10.2 Å². The number of H-pyrrole nitrogens is 1. The van der Waals surface area contributed by atoms with Gasteiger partial charge in [-0.05, 0) is 18.2 Å². The normalized spacial score (nSPS) is 11.2. The second-order valence-corrected chi connectivity index (χ2v) is 7.09. The first-order valence-corrected chi connectivity index (χ1v) is 8.63. The van der Waals surface area contributed by atoms with Gasteiger partial charge in [0.1, 0.15) is 0 Å². The number of para-hydroxylation sites is 1. The minimum atomic E-state index is -3.53. The molecule has 2 aromatic rings. The molecule has 0 aliphatic rings. The Morgan fingerprint density at radius 1 is 1.24 bits per heavy atom. The SMILES string of the molecule is Nc1ccccc1SCCS(=O)(=O)Nc1ccc(=O)[nH]n1. The molecule has 0 fully saturated rings. The van der Waals surface area contributed by atoms with E-state index in [-0.39, 0.29) is 11.6 Å². The summed E-state index contributed by atoms with van der Waals surface area (Å²) in [5.74, 6) is 0.346. The Morgan fingerprint density at radius 2 is 2.00 bits per heavy atom. The smallest absolute Gasteiger partial charge is 0.264 e. The van der Waals surface area contributed by atoms with E-state index in [4.69, 9.17) is 5.73 Å². The second-order valence-electron chi connectivity index (χ2n) is 4.11. The van der Waals surface area contributed by atoms with E-state index >= 15 is 0 Å². The van der Waals surface area contributed by atoms with Gasteiger partial charge in [0.05, 0.1) is 5.75 Å². The zero-order valence-corrected chi connectivity index (χ0v) is 12.6. The van der Waals surface area contributed by atoms with Crippen molar-refractivity contribution >= 4 is 33.3 Å². The molecule has 9 heteroatoms. The van der Waals surface area contributed by atoms with Crippen molar-refractivity contribution in [3.05, 3.63) is 46.8 Å². The van der Waals surface area contributed by atoms with Crippen molar-refractivity contribution < 1.29 is 8.42 Å². The van der Waals surface area contributed by atoms with Crippen LogP contribution in [0.25, 0.3) is 0 Å². The largest absolute Gasteiger partial charge is 0.398 e. The number of nitrogens with one attached hydrogen (secondary N) is 2. The van der Waals surface area contributed by atoms with Crippen LogP contribution in [0.15, 0.2) is 46.1 Å². The molecule has 0 saturated heterocycles. The average Bonchev–Trinajstić information content (AvgIpc) is 2.43. The van der Waals surface area contributed by atoms with Crippen molar-refractivity contribution in [3.63, 3.8) is 0 Å². The van der Waals surface area contributed by atoms with Crippen molar-refractivity contribution in [2.24, 2.45) is 0 Å². The summed E-state index contributed by atoms with van der Waals surface area (Å²) >= 11 is 1.36. The van der Waals surface area contributed by atoms with Gasteiger partial charge in [-0.25, -0.2) is 13.5 Å². The predicted molar refractivity (Wildman–Crippen MR) is 83.8 cm³/mol. The number of aromatic amines is 1. The van der Waals surface area contributed by atoms with Crippen molar-refractivity contribution in [2.45, 2.75) is 4.90 Å². The Morgan fingerprint density at radius 3 is 2.67 bits per heavy atom. The van der Waals surface area contributed by atoms with Gasteiger partial charge in [0, 0.05) is 22.4 Å². The molecule has 0 unspecified atom stereocenters. The monoisotopic (exact) mass is 326 g/mol. The summed E-state index contributed by atoms with van der Waals surface area (Å²) in [6, 6.07) is 9.76. The number of benzene rings is 1. The quantitative estimate of drug-likeness (QED) is 0.536. The molecule has 0 spiro atoms. The van der Waals surface area contributed by atoms with Crippen molar-refractivity contribution in [3.8, 4) is 0 Å². The fraction of sp³-hybridized carbons (Fsp3) is 0.167. The van der Waals surface area contributed by atoms with Gasteiger partial charge in [-0.3, -0.25) is 9.52 Å². The third kappa shape index (κ3) is 4.80. The molecule has 1 aromatic carbocycles. The molecule has 2 rings (SSSR count). The molecule has 0 atom stereocenters. The Kier molecular flexibility index (Phi) is 4.86. The van der Waals surface area contributed by atoms with E-state index < -0.39 is 15.6 Å². The van der Waals surface area contributed by atoms with Crippen molar-refractivity contribution in [2.75, 3.05) is 22.0 Å². The number of aromatic nitrogens is 2. The van der Waals surface area contributed by atoms with E-state index in [2.05, 4.69) is 14.9 Å². The third-order valence-electron chi connectivity index (χ3n) is 2.47. The van der Waals surface area contributed by atoms with Gasteiger partial charge >= 0.3 is 0 Å². The Labute approximate surface area is 126 Å². The zero-order valence-electron chi connectivity index (χ0n) is 10.9. The number of anilines is 2. The van der Waals surface area contributed by atoms with Gasteiger partial charge in [0.25, 0.3) is 5.56 Å². The minimum absolute atomic E-state index is 0.0822. The average molecular weight is 326 g/mol. The topological polar surface area (TPSA) is 118 Å². The summed E-state index contributed by atoms with van der Waals surface area (Å²) in [6.07, 6.45) is 0. The number of nitrogens with zero attached hydrogens (tertiary/aromatic N) is 1. The number of rotatable bonds is 6. The molecule has 0 amide bonds. The molecular weight excluding hydrogens is 312 g/mol. The van der Waals surface area contributed by atoms with Crippen LogP contribution in [0, 0.1) is 0 Å². The Bertz CT molecular complexity index is 754. The first kappa shape index (κ1) is 15.4. The molecule has 0 aliphatic carbocycles. The summed E-state index contributed by atoms with van der Waals surface area (Å²) in [5, 5.41) is 5.75.